The average molecular weight is 398 g/mol. The molecular weight excluding hydrogens is 362 g/mol. The fourth-order valence-corrected chi connectivity index (χ4v) is 2.83. The molecule has 0 fully saturated rings. The minimum Gasteiger partial charge on any atom is -0.492 e. The van der Waals surface area contributed by atoms with Gasteiger partial charge in [-0.2, -0.15) is 0 Å². The Kier molecular flexibility index (Phi) is 7.34. The highest BCUT2D eigenvalue weighted by molar-refractivity contribution is 5.80. The maximum absolute atomic E-state index is 12.2. The van der Waals surface area contributed by atoms with Gasteiger partial charge in [-0.15, -0.1) is 0 Å². The van der Waals surface area contributed by atoms with Gasteiger partial charge in [0.15, 0.2) is 6.10 Å². The van der Waals surface area contributed by atoms with Gasteiger partial charge in [0.05, 0.1) is 6.54 Å². The second-order valence-electron chi connectivity index (χ2n) is 9.45. The van der Waals surface area contributed by atoms with Crippen molar-refractivity contribution in [3.63, 3.8) is 0 Å². The molecule has 158 valence electrons. The fourth-order valence-electron chi connectivity index (χ4n) is 2.83. The zero-order chi connectivity index (χ0) is 21.7. The number of carbonyl (C=O) groups excluding carboxylic acids is 1. The molecule has 0 spiro atoms. The van der Waals surface area contributed by atoms with Crippen molar-refractivity contribution >= 4 is 5.91 Å². The second kappa shape index (κ2) is 9.34. The van der Waals surface area contributed by atoms with Crippen LogP contribution in [0.1, 0.15) is 59.6 Å². The number of nitrogens with one attached hydrogen (secondary N) is 1. The maximum Gasteiger partial charge on any atom is 0.260 e. The monoisotopic (exact) mass is 397 g/mol. The Morgan fingerprint density at radius 3 is 1.72 bits per heavy atom. The minimum atomic E-state index is -0.568. The van der Waals surface area contributed by atoms with Crippen LogP contribution in [0.2, 0.25) is 0 Å². The topological polar surface area (TPSA) is 47.6 Å². The van der Waals surface area contributed by atoms with Crippen LogP contribution < -0.4 is 14.8 Å². The molecule has 1 N–H and O–H groups in total. The Labute approximate surface area is 175 Å². The van der Waals surface area contributed by atoms with Crippen LogP contribution in [-0.2, 0) is 15.6 Å². The van der Waals surface area contributed by atoms with Gasteiger partial charge in [0.1, 0.15) is 18.1 Å². The number of benzene rings is 2. The van der Waals surface area contributed by atoms with Crippen LogP contribution in [0.25, 0.3) is 0 Å². The molecule has 0 saturated carbocycles. The number of hydrogen-bond donors (Lipinski definition) is 1. The lowest BCUT2D eigenvalue weighted by molar-refractivity contribution is -0.127. The lowest BCUT2D eigenvalue weighted by Crippen LogP contribution is -2.38. The van der Waals surface area contributed by atoms with Gasteiger partial charge in [0.25, 0.3) is 5.91 Å². The predicted octanol–water partition coefficient (Wildman–Crippen LogP) is 5.24. The van der Waals surface area contributed by atoms with Gasteiger partial charge in [-0.3, -0.25) is 4.79 Å². The van der Waals surface area contributed by atoms with E-state index in [0.717, 1.165) is 5.75 Å². The van der Waals surface area contributed by atoms with Crippen molar-refractivity contribution in [3.05, 3.63) is 59.7 Å². The Hall–Kier alpha value is -2.49. The predicted molar refractivity (Wildman–Crippen MR) is 119 cm³/mol. The Morgan fingerprint density at radius 2 is 1.28 bits per heavy atom. The quantitative estimate of drug-likeness (QED) is 0.650. The third-order valence-electron chi connectivity index (χ3n) is 4.79. The summed E-state index contributed by atoms with van der Waals surface area (Å²) in [7, 11) is 0. The molecule has 4 nitrogen and oxygen atoms in total. The molecule has 0 heterocycles. The largest absolute Gasteiger partial charge is 0.492 e. The summed E-state index contributed by atoms with van der Waals surface area (Å²) in [6.07, 6.45) is -0.568. The summed E-state index contributed by atoms with van der Waals surface area (Å²) in [6.45, 7) is 15.6. The van der Waals surface area contributed by atoms with Gasteiger partial charge in [-0.25, -0.2) is 0 Å². The molecule has 0 aliphatic heterocycles. The van der Waals surface area contributed by atoms with E-state index in [1.165, 1.54) is 11.1 Å². The highest BCUT2D eigenvalue weighted by Gasteiger charge is 2.16. The van der Waals surface area contributed by atoms with E-state index < -0.39 is 6.10 Å². The smallest absolute Gasteiger partial charge is 0.260 e. The van der Waals surface area contributed by atoms with Gasteiger partial charge < -0.3 is 14.8 Å². The van der Waals surface area contributed by atoms with Crippen LogP contribution in [0.4, 0.5) is 0 Å². The van der Waals surface area contributed by atoms with Crippen LogP contribution in [0.5, 0.6) is 11.5 Å². The second-order valence-corrected chi connectivity index (χ2v) is 9.45. The van der Waals surface area contributed by atoms with E-state index in [2.05, 4.69) is 59.0 Å². The van der Waals surface area contributed by atoms with E-state index in [1.54, 1.807) is 6.92 Å². The van der Waals surface area contributed by atoms with Crippen LogP contribution in [0.3, 0.4) is 0 Å². The summed E-state index contributed by atoms with van der Waals surface area (Å²) in [4.78, 5) is 12.2. The number of ether oxygens (including phenoxy) is 2. The number of rotatable bonds is 7. The SMILES string of the molecule is C[C@@H](Oc1ccc(C(C)(C)C)cc1)C(=O)NCCOc1ccc(C(C)(C)C)cc1. The fraction of sp³-hybridized carbons (Fsp3) is 0.480. The van der Waals surface area contributed by atoms with Crippen molar-refractivity contribution in [2.45, 2.75) is 65.4 Å². The summed E-state index contributed by atoms with van der Waals surface area (Å²) in [5.74, 6) is 1.34. The standard InChI is InChI=1S/C25H35NO3/c1-18(29-22-14-10-20(11-15-22)25(5,6)7)23(27)26-16-17-28-21-12-8-19(9-13-21)24(2,3)4/h8-15,18H,16-17H2,1-7H3,(H,26,27)/t18-/m1/s1. The first-order valence-corrected chi connectivity index (χ1v) is 10.2. The van der Waals surface area contributed by atoms with Crippen molar-refractivity contribution in [1.82, 2.24) is 5.32 Å². The molecule has 0 unspecified atom stereocenters. The van der Waals surface area contributed by atoms with Crippen molar-refractivity contribution in [1.29, 1.82) is 0 Å². The Balaban J connectivity index is 1.74. The average Bonchev–Trinajstić information content (AvgIpc) is 2.64. The first kappa shape index (κ1) is 22.8. The van der Waals surface area contributed by atoms with Gasteiger partial charge in [0.2, 0.25) is 0 Å². The Bertz CT molecular complexity index is 781. The molecule has 0 saturated heterocycles. The first-order valence-electron chi connectivity index (χ1n) is 10.2. The van der Waals surface area contributed by atoms with Crippen LogP contribution in [-0.4, -0.2) is 25.2 Å². The van der Waals surface area contributed by atoms with E-state index in [4.69, 9.17) is 9.47 Å². The van der Waals surface area contributed by atoms with Crippen molar-refractivity contribution < 1.29 is 14.3 Å². The number of amides is 1. The van der Waals surface area contributed by atoms with Crippen molar-refractivity contribution in [2.75, 3.05) is 13.2 Å². The molecule has 0 aromatic heterocycles. The zero-order valence-corrected chi connectivity index (χ0v) is 18.8. The van der Waals surface area contributed by atoms with Crippen LogP contribution in [0, 0.1) is 0 Å². The van der Waals surface area contributed by atoms with E-state index in [1.807, 2.05) is 36.4 Å². The van der Waals surface area contributed by atoms with Crippen LogP contribution >= 0.6 is 0 Å². The van der Waals surface area contributed by atoms with Gasteiger partial charge in [-0.1, -0.05) is 65.8 Å². The van der Waals surface area contributed by atoms with E-state index in [-0.39, 0.29) is 16.7 Å². The summed E-state index contributed by atoms with van der Waals surface area (Å²) < 4.78 is 11.5. The van der Waals surface area contributed by atoms with Crippen LogP contribution in [0.15, 0.2) is 48.5 Å². The van der Waals surface area contributed by atoms with Gasteiger partial charge >= 0.3 is 0 Å². The number of hydrogen-bond acceptors (Lipinski definition) is 3. The molecule has 2 aromatic rings. The highest BCUT2D eigenvalue weighted by Crippen LogP contribution is 2.25. The molecule has 4 heteroatoms. The summed E-state index contributed by atoms with van der Waals surface area (Å²) >= 11 is 0. The molecule has 0 aliphatic carbocycles. The third kappa shape index (κ3) is 7.12. The zero-order valence-electron chi connectivity index (χ0n) is 18.8. The molecule has 2 aromatic carbocycles. The van der Waals surface area contributed by atoms with E-state index in [0.29, 0.717) is 18.9 Å². The van der Waals surface area contributed by atoms with E-state index >= 15 is 0 Å². The Morgan fingerprint density at radius 1 is 0.828 bits per heavy atom. The first-order chi connectivity index (χ1) is 13.5. The molecule has 0 aliphatic rings. The lowest BCUT2D eigenvalue weighted by Gasteiger charge is -2.20. The van der Waals surface area contributed by atoms with Crippen molar-refractivity contribution in [2.24, 2.45) is 0 Å². The van der Waals surface area contributed by atoms with Crippen molar-refractivity contribution in [3.8, 4) is 11.5 Å². The summed E-state index contributed by atoms with van der Waals surface area (Å²) in [5, 5.41) is 2.86. The molecule has 0 radical (unpaired) electrons. The highest BCUT2D eigenvalue weighted by atomic mass is 16.5. The molecule has 29 heavy (non-hydrogen) atoms. The summed E-state index contributed by atoms with van der Waals surface area (Å²) in [6, 6.07) is 16.0. The molecule has 1 atom stereocenters. The van der Waals surface area contributed by atoms with E-state index in [9.17, 15) is 4.79 Å². The number of carbonyl (C=O) groups is 1. The van der Waals surface area contributed by atoms with Gasteiger partial charge in [0, 0.05) is 0 Å². The maximum atomic E-state index is 12.2. The molecule has 0 bridgehead atoms. The third-order valence-corrected chi connectivity index (χ3v) is 4.79. The van der Waals surface area contributed by atoms with Gasteiger partial charge in [-0.05, 0) is 53.1 Å². The summed E-state index contributed by atoms with van der Waals surface area (Å²) in [5.41, 5.74) is 2.71. The minimum absolute atomic E-state index is 0.0919. The normalized spacial score (nSPS) is 12.9. The molecule has 2 rings (SSSR count). The molecular formula is C25H35NO3. The lowest BCUT2D eigenvalue weighted by atomic mass is 9.87. The molecule has 1 amide bonds.